The van der Waals surface area contributed by atoms with Crippen LogP contribution in [0.4, 0.5) is 0 Å². The summed E-state index contributed by atoms with van der Waals surface area (Å²) in [6.07, 6.45) is 1.82. The van der Waals surface area contributed by atoms with Gasteiger partial charge < -0.3 is 5.32 Å². The lowest BCUT2D eigenvalue weighted by Gasteiger charge is -2.09. The van der Waals surface area contributed by atoms with Gasteiger partial charge in [0.15, 0.2) is 0 Å². The Kier molecular flexibility index (Phi) is 5.30. The lowest BCUT2D eigenvalue weighted by Crippen LogP contribution is -2.34. The van der Waals surface area contributed by atoms with E-state index >= 15 is 0 Å². The van der Waals surface area contributed by atoms with Gasteiger partial charge in [-0.3, -0.25) is 4.68 Å². The van der Waals surface area contributed by atoms with Crippen LogP contribution in [0.1, 0.15) is 25.1 Å². The van der Waals surface area contributed by atoms with Crippen molar-refractivity contribution >= 4 is 10.0 Å². The second kappa shape index (κ2) is 6.31. The van der Waals surface area contributed by atoms with Crippen LogP contribution in [0.3, 0.4) is 0 Å². The van der Waals surface area contributed by atoms with Gasteiger partial charge in [-0.2, -0.15) is 5.10 Å². The van der Waals surface area contributed by atoms with Gasteiger partial charge >= 0.3 is 0 Å². The van der Waals surface area contributed by atoms with Crippen molar-refractivity contribution in [1.82, 2.24) is 19.8 Å². The van der Waals surface area contributed by atoms with E-state index in [4.69, 9.17) is 0 Å². The van der Waals surface area contributed by atoms with E-state index in [0.717, 1.165) is 11.3 Å². The van der Waals surface area contributed by atoms with E-state index in [1.807, 2.05) is 34.0 Å². The van der Waals surface area contributed by atoms with E-state index in [9.17, 15) is 8.42 Å². The van der Waals surface area contributed by atoms with Crippen LogP contribution in [0.2, 0.25) is 0 Å². The maximum absolute atomic E-state index is 11.7. The highest BCUT2D eigenvalue weighted by atomic mass is 32.2. The summed E-state index contributed by atoms with van der Waals surface area (Å²) >= 11 is 0. The van der Waals surface area contributed by atoms with Crippen molar-refractivity contribution < 1.29 is 8.42 Å². The average Bonchev–Trinajstić information content (AvgIpc) is 2.53. The smallest absolute Gasteiger partial charge is 0.213 e. The maximum Gasteiger partial charge on any atom is 0.213 e. The van der Waals surface area contributed by atoms with Crippen molar-refractivity contribution in [2.45, 2.75) is 33.4 Å². The van der Waals surface area contributed by atoms with Crippen molar-refractivity contribution in [3.05, 3.63) is 17.5 Å². The summed E-state index contributed by atoms with van der Waals surface area (Å²) in [5.74, 6) is 0.0878. The number of aromatic nitrogens is 2. The van der Waals surface area contributed by atoms with Gasteiger partial charge in [0.25, 0.3) is 0 Å². The van der Waals surface area contributed by atoms with Gasteiger partial charge in [-0.15, -0.1) is 0 Å². The van der Waals surface area contributed by atoms with Gasteiger partial charge in [0.2, 0.25) is 10.0 Å². The normalized spacial score (nSPS) is 12.3. The topological polar surface area (TPSA) is 76.0 Å². The van der Waals surface area contributed by atoms with Crippen LogP contribution in [0.25, 0.3) is 0 Å². The van der Waals surface area contributed by atoms with Gasteiger partial charge in [0, 0.05) is 37.9 Å². The molecule has 0 aromatic carbocycles. The Morgan fingerprint density at radius 3 is 2.61 bits per heavy atom. The molecule has 1 aromatic rings. The summed E-state index contributed by atoms with van der Waals surface area (Å²) in [4.78, 5) is 0. The highest BCUT2D eigenvalue weighted by Gasteiger charge is 2.11. The highest BCUT2D eigenvalue weighted by Crippen LogP contribution is 2.04. The van der Waals surface area contributed by atoms with Crippen LogP contribution in [0, 0.1) is 6.92 Å². The number of aryl methyl sites for hydroxylation is 2. The SMILES string of the molecule is Cc1nn(C)cc1CNS(=O)(=O)CCNC(C)C. The molecular weight excluding hydrogens is 252 g/mol. The average molecular weight is 274 g/mol. The van der Waals surface area contributed by atoms with E-state index in [1.165, 1.54) is 0 Å². The minimum Gasteiger partial charge on any atom is -0.313 e. The molecule has 0 unspecified atom stereocenters. The van der Waals surface area contributed by atoms with Crippen molar-refractivity contribution in [2.75, 3.05) is 12.3 Å². The molecule has 1 rings (SSSR count). The molecule has 0 saturated carbocycles. The van der Waals surface area contributed by atoms with Crippen LogP contribution in [0.5, 0.6) is 0 Å². The molecule has 6 nitrogen and oxygen atoms in total. The molecule has 0 atom stereocenters. The molecule has 0 spiro atoms. The molecule has 0 fully saturated rings. The number of rotatable bonds is 7. The molecule has 1 aromatic heterocycles. The van der Waals surface area contributed by atoms with Crippen LogP contribution >= 0.6 is 0 Å². The Bertz CT molecular complexity index is 479. The molecule has 104 valence electrons. The molecule has 7 heteroatoms. The van der Waals surface area contributed by atoms with Gasteiger partial charge in [0.1, 0.15) is 0 Å². The van der Waals surface area contributed by atoms with Crippen LogP contribution in [-0.2, 0) is 23.6 Å². The quantitative estimate of drug-likeness (QED) is 0.742. The second-order valence-corrected chi connectivity index (χ2v) is 6.59. The number of nitrogens with one attached hydrogen (secondary N) is 2. The van der Waals surface area contributed by atoms with E-state index in [1.54, 1.807) is 4.68 Å². The monoisotopic (exact) mass is 274 g/mol. The Labute approximate surface area is 109 Å². The minimum atomic E-state index is -3.23. The zero-order valence-electron chi connectivity index (χ0n) is 11.4. The van der Waals surface area contributed by atoms with Gasteiger partial charge in [-0.25, -0.2) is 13.1 Å². The molecular formula is C11H22N4O2S. The fraction of sp³-hybridized carbons (Fsp3) is 0.727. The summed E-state index contributed by atoms with van der Waals surface area (Å²) in [6.45, 7) is 6.59. The molecule has 1 heterocycles. The zero-order chi connectivity index (χ0) is 13.8. The number of nitrogens with zero attached hydrogens (tertiary/aromatic N) is 2. The van der Waals surface area contributed by atoms with E-state index in [0.29, 0.717) is 19.1 Å². The molecule has 0 aliphatic rings. The molecule has 0 bridgehead atoms. The Morgan fingerprint density at radius 1 is 1.44 bits per heavy atom. The summed E-state index contributed by atoms with van der Waals surface area (Å²) < 4.78 is 27.7. The highest BCUT2D eigenvalue weighted by molar-refractivity contribution is 7.89. The largest absolute Gasteiger partial charge is 0.313 e. The standard InChI is InChI=1S/C11H22N4O2S/c1-9(2)12-5-6-18(16,17)13-7-11-8-15(4)14-10(11)3/h8-9,12-13H,5-7H2,1-4H3. The molecule has 0 radical (unpaired) electrons. The number of hydrogen-bond acceptors (Lipinski definition) is 4. The third-order valence-electron chi connectivity index (χ3n) is 2.52. The predicted octanol–water partition coefficient (Wildman–Crippen LogP) is 0.146. The molecule has 0 saturated heterocycles. The number of hydrogen-bond donors (Lipinski definition) is 2. The third-order valence-corrected chi connectivity index (χ3v) is 3.85. The maximum atomic E-state index is 11.7. The van der Waals surface area contributed by atoms with E-state index in [2.05, 4.69) is 15.1 Å². The van der Waals surface area contributed by atoms with E-state index < -0.39 is 10.0 Å². The Hall–Kier alpha value is -0.920. The first-order valence-electron chi connectivity index (χ1n) is 6.00. The zero-order valence-corrected chi connectivity index (χ0v) is 12.2. The summed E-state index contributed by atoms with van der Waals surface area (Å²) in [6, 6.07) is 0.292. The predicted molar refractivity (Wildman–Crippen MR) is 71.7 cm³/mol. The Morgan fingerprint density at radius 2 is 2.11 bits per heavy atom. The van der Waals surface area contributed by atoms with Crippen LogP contribution < -0.4 is 10.0 Å². The van der Waals surface area contributed by atoms with Gasteiger partial charge in [-0.1, -0.05) is 13.8 Å². The lowest BCUT2D eigenvalue weighted by molar-refractivity contribution is 0.566. The van der Waals surface area contributed by atoms with Crippen LogP contribution in [0.15, 0.2) is 6.20 Å². The van der Waals surface area contributed by atoms with Crippen molar-refractivity contribution in [3.8, 4) is 0 Å². The molecule has 2 N–H and O–H groups in total. The first-order chi connectivity index (χ1) is 8.30. The first kappa shape index (κ1) is 15.1. The lowest BCUT2D eigenvalue weighted by atomic mass is 10.3. The van der Waals surface area contributed by atoms with Crippen LogP contribution in [-0.4, -0.2) is 36.5 Å². The third kappa shape index (κ3) is 5.16. The molecule has 0 amide bonds. The van der Waals surface area contributed by atoms with Crippen molar-refractivity contribution in [3.63, 3.8) is 0 Å². The number of sulfonamides is 1. The fourth-order valence-electron chi connectivity index (χ4n) is 1.56. The molecule has 0 aliphatic heterocycles. The van der Waals surface area contributed by atoms with Gasteiger partial charge in [-0.05, 0) is 6.92 Å². The van der Waals surface area contributed by atoms with Gasteiger partial charge in [0.05, 0.1) is 11.4 Å². The van der Waals surface area contributed by atoms with Crippen molar-refractivity contribution in [1.29, 1.82) is 0 Å². The first-order valence-corrected chi connectivity index (χ1v) is 7.65. The summed E-state index contributed by atoms with van der Waals surface area (Å²) in [7, 11) is -1.42. The molecule has 0 aliphatic carbocycles. The minimum absolute atomic E-state index is 0.0878. The van der Waals surface area contributed by atoms with Crippen molar-refractivity contribution in [2.24, 2.45) is 7.05 Å². The van der Waals surface area contributed by atoms with E-state index in [-0.39, 0.29) is 5.75 Å². The Balaban J connectivity index is 2.44. The summed E-state index contributed by atoms with van der Waals surface area (Å²) in [5, 5.41) is 7.25. The summed E-state index contributed by atoms with van der Waals surface area (Å²) in [5.41, 5.74) is 1.75. The second-order valence-electron chi connectivity index (χ2n) is 4.66. The fourth-order valence-corrected chi connectivity index (χ4v) is 2.47. The molecule has 18 heavy (non-hydrogen) atoms.